The number of primary amides is 1. The van der Waals surface area contributed by atoms with Crippen LogP contribution in [0.5, 0.6) is 5.75 Å². The summed E-state index contributed by atoms with van der Waals surface area (Å²) in [5, 5.41) is 45.9. The number of rotatable bonds is 5. The van der Waals surface area contributed by atoms with Gasteiger partial charge in [0.05, 0.1) is 11.6 Å². The van der Waals surface area contributed by atoms with E-state index in [2.05, 4.69) is 0 Å². The molecule has 0 unspecified atom stereocenters. The van der Waals surface area contributed by atoms with E-state index in [1.165, 1.54) is 4.90 Å². The lowest BCUT2D eigenvalue weighted by atomic mass is 9.57. The lowest BCUT2D eigenvalue weighted by Crippen LogP contribution is -2.65. The second kappa shape index (κ2) is 10.1. The molecule has 0 aliphatic heterocycles. The number of ketones is 2. The van der Waals surface area contributed by atoms with Crippen LogP contribution in [0.25, 0.3) is 17.9 Å². The van der Waals surface area contributed by atoms with E-state index < -0.39 is 58.0 Å². The van der Waals surface area contributed by atoms with Crippen LogP contribution in [-0.4, -0.2) is 82.6 Å². The predicted octanol–water partition coefficient (Wildman–Crippen LogP) is 2.51. The number of carbonyl (C=O) groups is 3. The molecule has 5 rings (SSSR count). The lowest BCUT2D eigenvalue weighted by Gasteiger charge is -2.50. The molecule has 0 aromatic heterocycles. The zero-order chi connectivity index (χ0) is 30.8. The van der Waals surface area contributed by atoms with Gasteiger partial charge in [-0.3, -0.25) is 19.3 Å². The number of phenols is 1. The molecule has 0 heterocycles. The number of anilines is 1. The number of aliphatic hydroxyl groups excluding tert-OH is 2. The number of Topliss-reactive ketones (excluding diaryl/α,β-unsaturated/α-hetero) is 2. The molecule has 10 nitrogen and oxygen atoms in total. The molecule has 1 fully saturated rings. The van der Waals surface area contributed by atoms with E-state index in [4.69, 9.17) is 5.73 Å². The normalized spacial score (nSPS) is 25.5. The van der Waals surface area contributed by atoms with Gasteiger partial charge in [0, 0.05) is 36.8 Å². The molecule has 3 aliphatic rings. The van der Waals surface area contributed by atoms with Crippen molar-refractivity contribution in [2.45, 2.75) is 31.4 Å². The third-order valence-electron chi connectivity index (χ3n) is 8.74. The second-order valence-corrected chi connectivity index (χ2v) is 11.8. The van der Waals surface area contributed by atoms with Gasteiger partial charge in [-0.1, -0.05) is 42.0 Å². The minimum Gasteiger partial charge on any atom is -0.508 e. The van der Waals surface area contributed by atoms with Gasteiger partial charge in [0.15, 0.2) is 11.4 Å². The predicted molar refractivity (Wildman–Crippen MR) is 159 cm³/mol. The summed E-state index contributed by atoms with van der Waals surface area (Å²) in [6, 6.07) is 8.48. The summed E-state index contributed by atoms with van der Waals surface area (Å²) >= 11 is 0. The molecule has 0 saturated heterocycles. The van der Waals surface area contributed by atoms with Crippen molar-refractivity contribution >= 4 is 41.1 Å². The highest BCUT2D eigenvalue weighted by Gasteiger charge is 2.64. The Bertz CT molecular complexity index is 1620. The van der Waals surface area contributed by atoms with E-state index in [1.807, 2.05) is 56.3 Å². The molecule has 10 heteroatoms. The molecule has 1 saturated carbocycles. The van der Waals surface area contributed by atoms with Crippen molar-refractivity contribution in [3.63, 3.8) is 0 Å². The maximum Gasteiger partial charge on any atom is 0.255 e. The van der Waals surface area contributed by atoms with Gasteiger partial charge in [-0.15, -0.1) is 0 Å². The van der Waals surface area contributed by atoms with Crippen LogP contribution in [0, 0.1) is 18.8 Å². The summed E-state index contributed by atoms with van der Waals surface area (Å²) in [6.45, 7) is 1.98. The zero-order valence-corrected chi connectivity index (χ0v) is 24.2. The zero-order valence-electron chi connectivity index (χ0n) is 24.2. The minimum absolute atomic E-state index is 0.0362. The first-order valence-corrected chi connectivity index (χ1v) is 13.7. The SMILES string of the molecule is Cc1ccc(/C=C/c2cc(N(C)C)c3c(c2O)C(O)=C2C(=O)[C@@]4(O)C(O)=C(C(N)=O)C(=O)[C@H](N(C)C)[C@H]4C[C@H]2C3)cc1. The van der Waals surface area contributed by atoms with Crippen LogP contribution >= 0.6 is 0 Å². The first-order valence-electron chi connectivity index (χ1n) is 13.7. The van der Waals surface area contributed by atoms with Crippen molar-refractivity contribution in [3.05, 3.63) is 75.1 Å². The van der Waals surface area contributed by atoms with E-state index in [9.17, 15) is 34.8 Å². The molecule has 2 aromatic carbocycles. The Kier molecular flexibility index (Phi) is 7.03. The average Bonchev–Trinajstić information content (AvgIpc) is 2.90. The summed E-state index contributed by atoms with van der Waals surface area (Å²) in [5.41, 5.74) is 5.49. The number of hydrogen-bond donors (Lipinski definition) is 5. The highest BCUT2D eigenvalue weighted by Crippen LogP contribution is 2.54. The molecule has 3 aliphatic carbocycles. The number of phenolic OH excluding ortho intramolecular Hbond substituents is 1. The topological polar surface area (TPSA) is 165 Å². The number of aromatic hydroxyl groups is 1. The Hall–Kier alpha value is -4.41. The number of hydrogen-bond acceptors (Lipinski definition) is 9. The van der Waals surface area contributed by atoms with E-state index in [0.717, 1.165) is 11.1 Å². The third kappa shape index (κ3) is 4.21. The fourth-order valence-electron chi connectivity index (χ4n) is 6.70. The number of aryl methyl sites for hydroxylation is 1. The summed E-state index contributed by atoms with van der Waals surface area (Å²) in [6.07, 6.45) is 3.79. The average molecular weight is 574 g/mol. The van der Waals surface area contributed by atoms with Crippen molar-refractivity contribution in [2.75, 3.05) is 33.1 Å². The standard InChI is InChI=1S/C32H35N3O7/c1-15-6-8-16(9-7-15)10-11-17-14-21(34(2)3)19-12-18-13-20-25(35(4)5)28(38)24(31(33)41)30(40)32(20,42)29(39)22(18)27(37)23(19)26(17)36/h6-11,14,18,20,25,36-37,40,42H,12-13H2,1-5H3,(H2,33,41)/b11-10+/t18-,20-,25-,32-/m1/s1. The van der Waals surface area contributed by atoms with Gasteiger partial charge in [-0.05, 0) is 57.0 Å². The van der Waals surface area contributed by atoms with Crippen molar-refractivity contribution < 1.29 is 34.8 Å². The van der Waals surface area contributed by atoms with E-state index in [0.29, 0.717) is 16.8 Å². The molecular formula is C32H35N3O7. The van der Waals surface area contributed by atoms with Gasteiger partial charge < -0.3 is 31.1 Å². The maximum absolute atomic E-state index is 14.1. The van der Waals surface area contributed by atoms with E-state index in [1.54, 1.807) is 26.2 Å². The number of aliphatic hydroxyl groups is 3. The van der Waals surface area contributed by atoms with Gasteiger partial charge in [0.1, 0.15) is 22.8 Å². The van der Waals surface area contributed by atoms with Crippen LogP contribution in [0.3, 0.4) is 0 Å². The Morgan fingerprint density at radius 2 is 1.69 bits per heavy atom. The van der Waals surface area contributed by atoms with Crippen LogP contribution in [0.4, 0.5) is 5.69 Å². The summed E-state index contributed by atoms with van der Waals surface area (Å²) in [5.74, 6) is -6.71. The smallest absolute Gasteiger partial charge is 0.255 e. The fraction of sp³-hybridized carbons (Fsp3) is 0.344. The van der Waals surface area contributed by atoms with Crippen molar-refractivity contribution in [1.82, 2.24) is 4.90 Å². The van der Waals surface area contributed by atoms with E-state index in [-0.39, 0.29) is 29.7 Å². The lowest BCUT2D eigenvalue weighted by molar-refractivity contribution is -0.153. The van der Waals surface area contributed by atoms with Gasteiger partial charge in [0.2, 0.25) is 5.78 Å². The highest BCUT2D eigenvalue weighted by atomic mass is 16.3. The summed E-state index contributed by atoms with van der Waals surface area (Å²) in [7, 11) is 6.80. The Balaban J connectivity index is 1.70. The van der Waals surface area contributed by atoms with Crippen LogP contribution < -0.4 is 10.6 Å². The molecule has 42 heavy (non-hydrogen) atoms. The largest absolute Gasteiger partial charge is 0.508 e. The maximum atomic E-state index is 14.1. The number of nitrogens with zero attached hydrogens (tertiary/aromatic N) is 2. The van der Waals surface area contributed by atoms with Crippen LogP contribution in [0.2, 0.25) is 0 Å². The van der Waals surface area contributed by atoms with Crippen molar-refractivity contribution in [1.29, 1.82) is 0 Å². The molecule has 0 spiro atoms. The number of nitrogens with two attached hydrogens (primary N) is 1. The molecule has 0 bridgehead atoms. The van der Waals surface area contributed by atoms with Gasteiger partial charge >= 0.3 is 0 Å². The molecule has 0 radical (unpaired) electrons. The van der Waals surface area contributed by atoms with Crippen LogP contribution in [0.1, 0.15) is 34.2 Å². The number of likely N-dealkylation sites (N-methyl/N-ethyl adjacent to an activating group) is 1. The van der Waals surface area contributed by atoms with E-state index >= 15 is 0 Å². The van der Waals surface area contributed by atoms with Crippen LogP contribution in [0.15, 0.2) is 47.2 Å². The molecule has 4 atom stereocenters. The molecule has 220 valence electrons. The van der Waals surface area contributed by atoms with Crippen LogP contribution in [-0.2, 0) is 20.8 Å². The number of carbonyl (C=O) groups excluding carboxylic acids is 3. The van der Waals surface area contributed by atoms with Crippen molar-refractivity contribution in [3.8, 4) is 5.75 Å². The Labute approximate surface area is 243 Å². The first kappa shape index (κ1) is 29.1. The first-order chi connectivity index (χ1) is 19.7. The summed E-state index contributed by atoms with van der Waals surface area (Å²) in [4.78, 5) is 42.9. The minimum atomic E-state index is -2.67. The number of benzene rings is 2. The molecule has 6 N–H and O–H groups in total. The molecule has 2 aromatic rings. The quantitative estimate of drug-likeness (QED) is 0.267. The summed E-state index contributed by atoms with van der Waals surface area (Å²) < 4.78 is 0. The second-order valence-electron chi connectivity index (χ2n) is 11.8. The Morgan fingerprint density at radius 1 is 1.05 bits per heavy atom. The van der Waals surface area contributed by atoms with Gasteiger partial charge in [0.25, 0.3) is 5.91 Å². The molecular weight excluding hydrogens is 538 g/mol. The highest BCUT2D eigenvalue weighted by molar-refractivity contribution is 6.24. The third-order valence-corrected chi connectivity index (χ3v) is 8.74. The molecule has 1 amide bonds. The van der Waals surface area contributed by atoms with Gasteiger partial charge in [-0.2, -0.15) is 0 Å². The number of fused-ring (bicyclic) bond motifs is 3. The van der Waals surface area contributed by atoms with Crippen molar-refractivity contribution in [2.24, 2.45) is 17.6 Å². The Morgan fingerprint density at radius 3 is 2.26 bits per heavy atom. The number of amides is 1. The van der Waals surface area contributed by atoms with Gasteiger partial charge in [-0.25, -0.2) is 0 Å². The fourth-order valence-corrected chi connectivity index (χ4v) is 6.70. The monoisotopic (exact) mass is 573 g/mol.